The molecule has 1 aliphatic heterocycles. The fraction of sp³-hybridized carbons (Fsp3) is 0.207. The second-order valence-corrected chi connectivity index (χ2v) is 9.11. The van der Waals surface area contributed by atoms with Crippen molar-refractivity contribution in [3.63, 3.8) is 0 Å². The van der Waals surface area contributed by atoms with Gasteiger partial charge in [0.15, 0.2) is 23.0 Å². The number of amides is 1. The standard InChI is InChI=1S/C29H27N5O5/c1-36-21-9-7-17(13-23(21)37-2)11-12-34-20-6-4-3-5-19(20)25-26(30)32-27(33-28(25)34)29(35)31-15-18-8-10-22-24(14-18)39-16-38-22/h3-10,13-14H,11-12,15-16H2,1-2H3,(H,31,35)(H2,30,32,33). The first-order valence-corrected chi connectivity index (χ1v) is 12.5. The predicted octanol–water partition coefficient (Wildman–Crippen LogP) is 4.09. The molecule has 198 valence electrons. The first kappa shape index (κ1) is 24.4. The third-order valence-electron chi connectivity index (χ3n) is 6.80. The second-order valence-electron chi connectivity index (χ2n) is 9.11. The summed E-state index contributed by atoms with van der Waals surface area (Å²) < 4.78 is 23.7. The third-order valence-corrected chi connectivity index (χ3v) is 6.80. The van der Waals surface area contributed by atoms with Crippen LogP contribution in [0.3, 0.4) is 0 Å². The van der Waals surface area contributed by atoms with Gasteiger partial charge in [-0.05, 0) is 47.9 Å². The van der Waals surface area contributed by atoms with Gasteiger partial charge in [-0.2, -0.15) is 0 Å². The smallest absolute Gasteiger partial charge is 0.289 e. The van der Waals surface area contributed by atoms with Crippen LogP contribution < -0.4 is 30.0 Å². The average Bonchev–Trinajstić information content (AvgIpc) is 3.56. The molecule has 0 atom stereocenters. The van der Waals surface area contributed by atoms with Gasteiger partial charge in [-0.3, -0.25) is 4.79 Å². The first-order chi connectivity index (χ1) is 19.1. The Morgan fingerprint density at radius 3 is 2.62 bits per heavy atom. The molecule has 3 heterocycles. The van der Waals surface area contributed by atoms with E-state index in [1.807, 2.05) is 60.7 Å². The van der Waals surface area contributed by atoms with E-state index in [1.165, 1.54) is 0 Å². The van der Waals surface area contributed by atoms with Crippen molar-refractivity contribution in [2.24, 2.45) is 0 Å². The molecule has 10 nitrogen and oxygen atoms in total. The molecule has 0 saturated carbocycles. The van der Waals surface area contributed by atoms with Crippen LogP contribution in [-0.2, 0) is 19.5 Å². The molecular weight excluding hydrogens is 498 g/mol. The van der Waals surface area contributed by atoms with Crippen molar-refractivity contribution in [3.05, 3.63) is 77.6 Å². The molecule has 6 rings (SSSR count). The molecule has 0 fully saturated rings. The number of nitrogens with two attached hydrogens (primary N) is 1. The van der Waals surface area contributed by atoms with E-state index in [0.717, 1.165) is 27.4 Å². The number of fused-ring (bicyclic) bond motifs is 4. The zero-order valence-corrected chi connectivity index (χ0v) is 21.6. The van der Waals surface area contributed by atoms with Gasteiger partial charge in [0.1, 0.15) is 11.5 Å². The number of hydrogen-bond donors (Lipinski definition) is 2. The van der Waals surface area contributed by atoms with E-state index in [0.29, 0.717) is 41.6 Å². The Labute approximate surface area is 224 Å². The molecule has 0 radical (unpaired) electrons. The van der Waals surface area contributed by atoms with Gasteiger partial charge in [-0.15, -0.1) is 0 Å². The Balaban J connectivity index is 1.30. The summed E-state index contributed by atoms with van der Waals surface area (Å²) in [4.78, 5) is 22.1. The van der Waals surface area contributed by atoms with Crippen molar-refractivity contribution >= 4 is 33.7 Å². The Morgan fingerprint density at radius 2 is 1.77 bits per heavy atom. The van der Waals surface area contributed by atoms with E-state index >= 15 is 0 Å². The maximum absolute atomic E-state index is 13.1. The van der Waals surface area contributed by atoms with Crippen molar-refractivity contribution in [1.29, 1.82) is 0 Å². The van der Waals surface area contributed by atoms with Gasteiger partial charge in [0.25, 0.3) is 5.91 Å². The summed E-state index contributed by atoms with van der Waals surface area (Å²) in [6.45, 7) is 1.07. The van der Waals surface area contributed by atoms with Gasteiger partial charge in [0.2, 0.25) is 12.6 Å². The van der Waals surface area contributed by atoms with Crippen LogP contribution in [0.1, 0.15) is 21.7 Å². The number of anilines is 1. The molecule has 3 N–H and O–H groups in total. The summed E-state index contributed by atoms with van der Waals surface area (Å²) >= 11 is 0. The number of nitrogens with zero attached hydrogens (tertiary/aromatic N) is 3. The number of nitrogens with one attached hydrogen (secondary N) is 1. The summed E-state index contributed by atoms with van der Waals surface area (Å²) in [6, 6.07) is 19.3. The van der Waals surface area contributed by atoms with Gasteiger partial charge in [0, 0.05) is 18.5 Å². The van der Waals surface area contributed by atoms with Crippen molar-refractivity contribution in [1.82, 2.24) is 19.9 Å². The van der Waals surface area contributed by atoms with Gasteiger partial charge < -0.3 is 34.6 Å². The van der Waals surface area contributed by atoms with Gasteiger partial charge in [-0.1, -0.05) is 30.3 Å². The first-order valence-electron chi connectivity index (χ1n) is 12.5. The normalized spacial score (nSPS) is 12.2. The highest BCUT2D eigenvalue weighted by Gasteiger charge is 2.20. The molecule has 3 aromatic carbocycles. The van der Waals surface area contributed by atoms with Crippen molar-refractivity contribution < 1.29 is 23.7 Å². The molecule has 5 aromatic rings. The van der Waals surface area contributed by atoms with Crippen LogP contribution in [0.25, 0.3) is 21.9 Å². The molecule has 10 heteroatoms. The van der Waals surface area contributed by atoms with E-state index in [4.69, 9.17) is 24.7 Å². The van der Waals surface area contributed by atoms with Gasteiger partial charge in [0.05, 0.1) is 25.1 Å². The largest absolute Gasteiger partial charge is 0.493 e. The second kappa shape index (κ2) is 10.1. The number of rotatable bonds is 8. The summed E-state index contributed by atoms with van der Waals surface area (Å²) in [5.41, 5.74) is 9.93. The fourth-order valence-electron chi connectivity index (χ4n) is 4.87. The molecule has 1 amide bonds. The maximum Gasteiger partial charge on any atom is 0.289 e. The number of ether oxygens (including phenoxy) is 4. The lowest BCUT2D eigenvalue weighted by Gasteiger charge is -2.11. The van der Waals surface area contributed by atoms with E-state index in [9.17, 15) is 4.79 Å². The molecule has 0 saturated heterocycles. The van der Waals surface area contributed by atoms with Crippen LogP contribution in [0.2, 0.25) is 0 Å². The topological polar surface area (TPSA) is 123 Å². The van der Waals surface area contributed by atoms with Crippen molar-refractivity contribution in [2.45, 2.75) is 19.5 Å². The maximum atomic E-state index is 13.1. The lowest BCUT2D eigenvalue weighted by atomic mass is 10.1. The molecule has 39 heavy (non-hydrogen) atoms. The molecular formula is C29H27N5O5. The number of carbonyl (C=O) groups is 1. The van der Waals surface area contributed by atoms with Gasteiger partial charge in [-0.25, -0.2) is 9.97 Å². The fourth-order valence-corrected chi connectivity index (χ4v) is 4.87. The third kappa shape index (κ3) is 4.50. The summed E-state index contributed by atoms with van der Waals surface area (Å²) in [5, 5.41) is 4.54. The molecule has 0 unspecified atom stereocenters. The molecule has 1 aliphatic rings. The Bertz CT molecular complexity index is 1710. The highest BCUT2D eigenvalue weighted by atomic mass is 16.7. The minimum absolute atomic E-state index is 0.0101. The number of carbonyl (C=O) groups excluding carboxylic acids is 1. The Hall–Kier alpha value is -4.99. The van der Waals surface area contributed by atoms with E-state index in [-0.39, 0.29) is 25.0 Å². The number of nitrogen functional groups attached to an aromatic ring is 1. The van der Waals surface area contributed by atoms with Crippen LogP contribution in [-0.4, -0.2) is 41.5 Å². The van der Waals surface area contributed by atoms with Crippen LogP contribution in [0.15, 0.2) is 60.7 Å². The van der Waals surface area contributed by atoms with Crippen LogP contribution in [0, 0.1) is 0 Å². The minimum Gasteiger partial charge on any atom is -0.493 e. The van der Waals surface area contributed by atoms with Crippen molar-refractivity contribution in [2.75, 3.05) is 26.7 Å². The lowest BCUT2D eigenvalue weighted by molar-refractivity contribution is 0.0941. The monoisotopic (exact) mass is 525 g/mol. The predicted molar refractivity (Wildman–Crippen MR) is 146 cm³/mol. The van der Waals surface area contributed by atoms with Gasteiger partial charge >= 0.3 is 0 Å². The van der Waals surface area contributed by atoms with Crippen LogP contribution >= 0.6 is 0 Å². The van der Waals surface area contributed by atoms with E-state index < -0.39 is 5.91 Å². The number of benzene rings is 3. The van der Waals surface area contributed by atoms with E-state index in [2.05, 4.69) is 19.9 Å². The zero-order valence-electron chi connectivity index (χ0n) is 21.6. The quantitative estimate of drug-likeness (QED) is 0.311. The SMILES string of the molecule is COc1ccc(CCn2c3ccccc3c3c(N)nc(C(=O)NCc4ccc5c(c4)OCO5)nc32)cc1OC. The highest BCUT2D eigenvalue weighted by Crippen LogP contribution is 2.34. The number of para-hydroxylation sites is 1. The summed E-state index contributed by atoms with van der Waals surface area (Å²) in [5.74, 6) is 2.54. The Kier molecular flexibility index (Phi) is 6.28. The lowest BCUT2D eigenvalue weighted by Crippen LogP contribution is -2.25. The van der Waals surface area contributed by atoms with Crippen LogP contribution in [0.5, 0.6) is 23.0 Å². The van der Waals surface area contributed by atoms with E-state index in [1.54, 1.807) is 14.2 Å². The number of aromatic nitrogens is 3. The summed E-state index contributed by atoms with van der Waals surface area (Å²) in [7, 11) is 3.23. The number of methoxy groups -OCH3 is 2. The highest BCUT2D eigenvalue weighted by molar-refractivity contribution is 6.12. The summed E-state index contributed by atoms with van der Waals surface area (Å²) in [6.07, 6.45) is 0.698. The minimum atomic E-state index is -0.419. The molecule has 0 spiro atoms. The van der Waals surface area contributed by atoms with Crippen molar-refractivity contribution in [3.8, 4) is 23.0 Å². The number of aryl methyl sites for hydroxylation is 2. The Morgan fingerprint density at radius 1 is 0.974 bits per heavy atom. The molecule has 0 aliphatic carbocycles. The van der Waals surface area contributed by atoms with Crippen LogP contribution in [0.4, 0.5) is 5.82 Å². The molecule has 2 aromatic heterocycles. The zero-order chi connectivity index (χ0) is 26.9. The average molecular weight is 526 g/mol. The number of hydrogen-bond acceptors (Lipinski definition) is 8. The molecule has 0 bridgehead atoms.